The molecule has 2 aliphatic rings. The van der Waals surface area contributed by atoms with Crippen LogP contribution < -0.4 is 10.2 Å². The van der Waals surface area contributed by atoms with Gasteiger partial charge in [0.15, 0.2) is 0 Å². The Labute approximate surface area is 121 Å². The van der Waals surface area contributed by atoms with Crippen molar-refractivity contribution in [2.24, 2.45) is 0 Å². The molecule has 1 aliphatic heterocycles. The molecule has 0 spiro atoms. The summed E-state index contributed by atoms with van der Waals surface area (Å²) in [5, 5.41) is 4.36. The van der Waals surface area contributed by atoms with Crippen LogP contribution in [0.3, 0.4) is 0 Å². The molecule has 1 atom stereocenters. The van der Waals surface area contributed by atoms with Crippen LogP contribution in [0, 0.1) is 6.92 Å². The van der Waals surface area contributed by atoms with Crippen molar-refractivity contribution < 1.29 is 0 Å². The molecule has 104 valence electrons. The van der Waals surface area contributed by atoms with E-state index in [4.69, 9.17) is 0 Å². The topological polar surface area (TPSA) is 15.3 Å². The van der Waals surface area contributed by atoms with Crippen LogP contribution >= 0.6 is 11.8 Å². The van der Waals surface area contributed by atoms with Gasteiger partial charge in [-0.25, -0.2) is 0 Å². The van der Waals surface area contributed by atoms with E-state index in [1.807, 2.05) is 0 Å². The van der Waals surface area contributed by atoms with Crippen LogP contribution in [-0.2, 0) is 6.54 Å². The number of anilines is 1. The van der Waals surface area contributed by atoms with Gasteiger partial charge in [-0.05, 0) is 43.0 Å². The Hall–Kier alpha value is -0.670. The maximum Gasteiger partial charge on any atom is 0.0369 e. The lowest BCUT2D eigenvalue weighted by molar-refractivity contribution is 0.685. The molecule has 0 aromatic heterocycles. The SMILES string of the molecule is Cc1cc(N2CCSC(C)C2)ccc1CNC1CC1. The van der Waals surface area contributed by atoms with E-state index in [1.165, 1.54) is 48.5 Å². The highest BCUT2D eigenvalue weighted by Crippen LogP contribution is 2.26. The molecule has 1 heterocycles. The second kappa shape index (κ2) is 5.76. The summed E-state index contributed by atoms with van der Waals surface area (Å²) < 4.78 is 0. The first-order valence-corrected chi connectivity index (χ1v) is 8.47. The molecule has 1 aliphatic carbocycles. The molecule has 1 aromatic rings. The highest BCUT2D eigenvalue weighted by molar-refractivity contribution is 8.00. The summed E-state index contributed by atoms with van der Waals surface area (Å²) in [6, 6.07) is 7.78. The highest BCUT2D eigenvalue weighted by Gasteiger charge is 2.21. The lowest BCUT2D eigenvalue weighted by Gasteiger charge is -2.32. The van der Waals surface area contributed by atoms with Crippen LogP contribution in [0.2, 0.25) is 0 Å². The van der Waals surface area contributed by atoms with Gasteiger partial charge in [0.1, 0.15) is 0 Å². The molecular weight excluding hydrogens is 252 g/mol. The highest BCUT2D eigenvalue weighted by atomic mass is 32.2. The number of nitrogens with zero attached hydrogens (tertiary/aromatic N) is 1. The molecule has 1 saturated heterocycles. The summed E-state index contributed by atoms with van der Waals surface area (Å²) in [7, 11) is 0. The van der Waals surface area contributed by atoms with Crippen molar-refractivity contribution in [2.75, 3.05) is 23.7 Å². The molecule has 1 saturated carbocycles. The van der Waals surface area contributed by atoms with Gasteiger partial charge in [-0.1, -0.05) is 13.0 Å². The Morgan fingerprint density at radius 3 is 2.89 bits per heavy atom. The van der Waals surface area contributed by atoms with E-state index in [2.05, 4.69) is 54.0 Å². The summed E-state index contributed by atoms with van der Waals surface area (Å²) in [6.45, 7) is 7.98. The number of aryl methyl sites for hydroxylation is 1. The van der Waals surface area contributed by atoms with Gasteiger partial charge in [0.05, 0.1) is 0 Å². The fraction of sp³-hybridized carbons (Fsp3) is 0.625. The van der Waals surface area contributed by atoms with Gasteiger partial charge in [0.2, 0.25) is 0 Å². The van der Waals surface area contributed by atoms with Crippen LogP contribution in [0.25, 0.3) is 0 Å². The van der Waals surface area contributed by atoms with Crippen molar-refractivity contribution in [3.05, 3.63) is 29.3 Å². The van der Waals surface area contributed by atoms with Gasteiger partial charge in [0.25, 0.3) is 0 Å². The van der Waals surface area contributed by atoms with Gasteiger partial charge in [-0.2, -0.15) is 11.8 Å². The van der Waals surface area contributed by atoms with Gasteiger partial charge in [-0.15, -0.1) is 0 Å². The summed E-state index contributed by atoms with van der Waals surface area (Å²) >= 11 is 2.09. The van der Waals surface area contributed by atoms with E-state index >= 15 is 0 Å². The number of nitrogens with one attached hydrogen (secondary N) is 1. The van der Waals surface area contributed by atoms with Crippen molar-refractivity contribution >= 4 is 17.4 Å². The Kier molecular flexibility index (Phi) is 4.04. The molecule has 2 fully saturated rings. The normalized spacial score (nSPS) is 23.7. The third kappa shape index (κ3) is 3.46. The van der Waals surface area contributed by atoms with E-state index in [9.17, 15) is 0 Å². The average Bonchev–Trinajstić information content (AvgIpc) is 3.21. The van der Waals surface area contributed by atoms with Crippen molar-refractivity contribution in [1.82, 2.24) is 5.32 Å². The van der Waals surface area contributed by atoms with Crippen LogP contribution in [0.15, 0.2) is 18.2 Å². The summed E-state index contributed by atoms with van der Waals surface area (Å²) in [4.78, 5) is 2.53. The molecule has 1 unspecified atom stereocenters. The zero-order valence-corrected chi connectivity index (χ0v) is 12.8. The first kappa shape index (κ1) is 13.3. The minimum absolute atomic E-state index is 0.755. The Morgan fingerprint density at radius 1 is 1.37 bits per heavy atom. The third-order valence-electron chi connectivity index (χ3n) is 4.09. The lowest BCUT2D eigenvalue weighted by atomic mass is 10.1. The standard InChI is InChI=1S/C16H24N2S/c1-12-9-16(18-7-8-19-13(2)11-18)6-3-14(12)10-17-15-4-5-15/h3,6,9,13,15,17H,4-5,7-8,10-11H2,1-2H3. The molecular formula is C16H24N2S. The molecule has 1 N–H and O–H groups in total. The van der Waals surface area contributed by atoms with Crippen molar-refractivity contribution in [2.45, 2.75) is 44.5 Å². The molecule has 0 radical (unpaired) electrons. The fourth-order valence-corrected chi connectivity index (χ4v) is 3.68. The smallest absolute Gasteiger partial charge is 0.0369 e. The molecule has 19 heavy (non-hydrogen) atoms. The van der Waals surface area contributed by atoms with E-state index in [0.29, 0.717) is 0 Å². The molecule has 0 bridgehead atoms. The fourth-order valence-electron chi connectivity index (χ4n) is 2.67. The zero-order valence-electron chi connectivity index (χ0n) is 12.0. The second-order valence-electron chi connectivity index (χ2n) is 5.89. The largest absolute Gasteiger partial charge is 0.370 e. The van der Waals surface area contributed by atoms with E-state index in [-0.39, 0.29) is 0 Å². The van der Waals surface area contributed by atoms with Gasteiger partial charge >= 0.3 is 0 Å². The monoisotopic (exact) mass is 276 g/mol. The van der Waals surface area contributed by atoms with Gasteiger partial charge in [0, 0.05) is 42.4 Å². The second-order valence-corrected chi connectivity index (χ2v) is 7.44. The van der Waals surface area contributed by atoms with Crippen LogP contribution in [-0.4, -0.2) is 30.1 Å². The molecule has 2 nitrogen and oxygen atoms in total. The van der Waals surface area contributed by atoms with Gasteiger partial charge < -0.3 is 10.2 Å². The molecule has 1 aromatic carbocycles. The number of benzene rings is 1. The summed E-state index contributed by atoms with van der Waals surface area (Å²) in [6.07, 6.45) is 2.72. The molecule has 3 heteroatoms. The maximum absolute atomic E-state index is 3.60. The zero-order chi connectivity index (χ0) is 13.2. The minimum Gasteiger partial charge on any atom is -0.370 e. The Bertz CT molecular complexity index is 442. The van der Waals surface area contributed by atoms with Crippen LogP contribution in [0.1, 0.15) is 30.9 Å². The van der Waals surface area contributed by atoms with E-state index in [1.54, 1.807) is 0 Å². The number of hydrogen-bond donors (Lipinski definition) is 1. The van der Waals surface area contributed by atoms with Crippen molar-refractivity contribution in [1.29, 1.82) is 0 Å². The van der Waals surface area contributed by atoms with Crippen LogP contribution in [0.4, 0.5) is 5.69 Å². The molecule has 3 rings (SSSR count). The minimum atomic E-state index is 0.755. The third-order valence-corrected chi connectivity index (χ3v) is 5.23. The van der Waals surface area contributed by atoms with Crippen molar-refractivity contribution in [3.63, 3.8) is 0 Å². The quantitative estimate of drug-likeness (QED) is 0.909. The predicted octanol–water partition coefficient (Wildman–Crippen LogP) is 3.19. The van der Waals surface area contributed by atoms with Crippen molar-refractivity contribution in [3.8, 4) is 0 Å². The first-order chi connectivity index (χ1) is 9.22. The average molecular weight is 276 g/mol. The lowest BCUT2D eigenvalue weighted by Crippen LogP contribution is -2.36. The van der Waals surface area contributed by atoms with Gasteiger partial charge in [-0.3, -0.25) is 0 Å². The maximum atomic E-state index is 3.60. The Balaban J connectivity index is 1.67. The Morgan fingerprint density at radius 2 is 2.21 bits per heavy atom. The number of thioether (sulfide) groups is 1. The number of hydrogen-bond acceptors (Lipinski definition) is 3. The number of rotatable bonds is 4. The first-order valence-electron chi connectivity index (χ1n) is 7.42. The summed E-state index contributed by atoms with van der Waals surface area (Å²) in [5.74, 6) is 1.26. The van der Waals surface area contributed by atoms with Crippen LogP contribution in [0.5, 0.6) is 0 Å². The van der Waals surface area contributed by atoms with E-state index < -0.39 is 0 Å². The van der Waals surface area contributed by atoms with E-state index in [0.717, 1.165) is 17.8 Å². The summed E-state index contributed by atoms with van der Waals surface area (Å²) in [5.41, 5.74) is 4.28. The molecule has 0 amide bonds. The predicted molar refractivity (Wildman–Crippen MR) is 85.2 cm³/mol.